The summed E-state index contributed by atoms with van der Waals surface area (Å²) in [5, 5.41) is 1.16. The molecule has 1 heterocycles. The monoisotopic (exact) mass is 461 g/mol. The number of pyridine rings is 1. The highest BCUT2D eigenvalue weighted by Crippen LogP contribution is 2.34. The van der Waals surface area contributed by atoms with E-state index >= 15 is 0 Å². The molecule has 0 aliphatic carbocycles. The predicted molar refractivity (Wildman–Crippen MR) is 153 cm³/mol. The van der Waals surface area contributed by atoms with Crippen molar-refractivity contribution in [2.45, 2.75) is 13.8 Å². The van der Waals surface area contributed by atoms with Crippen molar-refractivity contribution >= 4 is 10.9 Å². The molecular formula is C35H27N. The van der Waals surface area contributed by atoms with E-state index in [0.29, 0.717) is 0 Å². The van der Waals surface area contributed by atoms with Gasteiger partial charge in [-0.15, -0.1) is 0 Å². The molecule has 1 nitrogen and oxygen atoms in total. The predicted octanol–water partition coefficient (Wildman–Crippen LogP) is 9.52. The fourth-order valence-corrected chi connectivity index (χ4v) is 4.70. The Bertz CT molecular complexity index is 1610. The van der Waals surface area contributed by atoms with Gasteiger partial charge in [-0.05, 0) is 83.6 Å². The molecule has 6 aromatic rings. The van der Waals surface area contributed by atoms with Crippen molar-refractivity contribution in [1.29, 1.82) is 0 Å². The fraction of sp³-hybridized carbons (Fsp3) is 0.0571. The van der Waals surface area contributed by atoms with Gasteiger partial charge in [-0.25, -0.2) is 4.98 Å². The van der Waals surface area contributed by atoms with E-state index in [1.54, 1.807) is 0 Å². The van der Waals surface area contributed by atoms with Crippen LogP contribution in [0.5, 0.6) is 0 Å². The van der Waals surface area contributed by atoms with Crippen LogP contribution in [0.2, 0.25) is 0 Å². The summed E-state index contributed by atoms with van der Waals surface area (Å²) in [4.78, 5) is 4.93. The average molecular weight is 462 g/mol. The van der Waals surface area contributed by atoms with Gasteiger partial charge in [-0.2, -0.15) is 0 Å². The minimum absolute atomic E-state index is 0.990. The Morgan fingerprint density at radius 1 is 0.389 bits per heavy atom. The van der Waals surface area contributed by atoms with Crippen molar-refractivity contribution < 1.29 is 0 Å². The molecule has 0 aliphatic heterocycles. The van der Waals surface area contributed by atoms with Gasteiger partial charge in [0.25, 0.3) is 0 Å². The van der Waals surface area contributed by atoms with E-state index in [1.165, 1.54) is 44.5 Å². The van der Waals surface area contributed by atoms with Crippen LogP contribution in [0.25, 0.3) is 55.5 Å². The molecule has 0 unspecified atom stereocenters. The Morgan fingerprint density at radius 3 is 1.56 bits per heavy atom. The quantitative estimate of drug-likeness (QED) is 0.255. The SMILES string of the molecule is Cc1ccc(-c2cc(-c3ccc(C)cc3)cc(-c3cccc(-c4ccc5ccccc5n4)c3)c2)cc1. The highest BCUT2D eigenvalue weighted by Gasteiger charge is 2.09. The third-order valence-corrected chi connectivity index (χ3v) is 6.79. The molecule has 1 aromatic heterocycles. The summed E-state index contributed by atoms with van der Waals surface area (Å²) >= 11 is 0. The van der Waals surface area contributed by atoms with Crippen LogP contribution in [-0.2, 0) is 0 Å². The minimum atomic E-state index is 0.990. The van der Waals surface area contributed by atoms with Gasteiger partial charge < -0.3 is 0 Å². The lowest BCUT2D eigenvalue weighted by molar-refractivity contribution is 1.40. The van der Waals surface area contributed by atoms with Crippen molar-refractivity contribution in [3.8, 4) is 44.6 Å². The van der Waals surface area contributed by atoms with Crippen molar-refractivity contribution in [2.24, 2.45) is 0 Å². The second-order valence-electron chi connectivity index (χ2n) is 9.50. The largest absolute Gasteiger partial charge is 0.248 e. The van der Waals surface area contributed by atoms with E-state index in [-0.39, 0.29) is 0 Å². The molecule has 5 aromatic carbocycles. The molecule has 0 bridgehead atoms. The Labute approximate surface area is 212 Å². The highest BCUT2D eigenvalue weighted by atomic mass is 14.7. The Morgan fingerprint density at radius 2 is 0.917 bits per heavy atom. The third kappa shape index (κ3) is 4.44. The fourth-order valence-electron chi connectivity index (χ4n) is 4.70. The maximum absolute atomic E-state index is 4.93. The van der Waals surface area contributed by atoms with Crippen LogP contribution in [0, 0.1) is 13.8 Å². The van der Waals surface area contributed by atoms with Crippen LogP contribution in [0.1, 0.15) is 11.1 Å². The van der Waals surface area contributed by atoms with Crippen LogP contribution in [0.15, 0.2) is 127 Å². The van der Waals surface area contributed by atoms with Crippen LogP contribution in [-0.4, -0.2) is 4.98 Å². The van der Waals surface area contributed by atoms with Crippen LogP contribution >= 0.6 is 0 Å². The number of fused-ring (bicyclic) bond motifs is 1. The first-order valence-electron chi connectivity index (χ1n) is 12.4. The molecular weight excluding hydrogens is 434 g/mol. The Balaban J connectivity index is 1.48. The van der Waals surface area contributed by atoms with Crippen molar-refractivity contribution in [3.63, 3.8) is 0 Å². The van der Waals surface area contributed by atoms with Gasteiger partial charge in [-0.1, -0.05) is 102 Å². The Kier molecular flexibility index (Phi) is 5.67. The number of hydrogen-bond donors (Lipinski definition) is 0. The molecule has 0 radical (unpaired) electrons. The molecule has 0 spiro atoms. The minimum Gasteiger partial charge on any atom is -0.248 e. The molecule has 0 fully saturated rings. The summed E-state index contributed by atoms with van der Waals surface area (Å²) in [6.07, 6.45) is 0. The summed E-state index contributed by atoms with van der Waals surface area (Å²) in [5.74, 6) is 0. The Hall–Kier alpha value is -4.49. The third-order valence-electron chi connectivity index (χ3n) is 6.79. The maximum atomic E-state index is 4.93. The zero-order valence-corrected chi connectivity index (χ0v) is 20.6. The first kappa shape index (κ1) is 22.0. The van der Waals surface area contributed by atoms with Crippen LogP contribution < -0.4 is 0 Å². The van der Waals surface area contributed by atoms with Gasteiger partial charge >= 0.3 is 0 Å². The van der Waals surface area contributed by atoms with Crippen molar-refractivity contribution in [2.75, 3.05) is 0 Å². The lowest BCUT2D eigenvalue weighted by Crippen LogP contribution is -1.89. The highest BCUT2D eigenvalue weighted by molar-refractivity contribution is 5.84. The van der Waals surface area contributed by atoms with E-state index in [4.69, 9.17) is 4.98 Å². The molecule has 36 heavy (non-hydrogen) atoms. The van der Waals surface area contributed by atoms with Gasteiger partial charge in [0.15, 0.2) is 0 Å². The van der Waals surface area contributed by atoms with Gasteiger partial charge in [0.05, 0.1) is 11.2 Å². The average Bonchev–Trinajstić information content (AvgIpc) is 2.93. The van der Waals surface area contributed by atoms with E-state index in [1.807, 2.05) is 6.07 Å². The molecule has 6 rings (SSSR count). The van der Waals surface area contributed by atoms with Gasteiger partial charge in [0.1, 0.15) is 0 Å². The molecule has 0 atom stereocenters. The van der Waals surface area contributed by atoms with E-state index < -0.39 is 0 Å². The standard InChI is InChI=1S/C35H27N/c1-24-10-14-26(15-11-24)31-21-32(27-16-12-25(2)13-17-27)23-33(22-31)29-7-5-8-30(20-29)35-19-18-28-6-3-4-9-34(28)36-35/h3-23H,1-2H3. The first-order chi connectivity index (χ1) is 17.6. The number of hydrogen-bond acceptors (Lipinski definition) is 1. The molecule has 1 heteroatoms. The second-order valence-corrected chi connectivity index (χ2v) is 9.50. The number of aryl methyl sites for hydroxylation is 2. The second kappa shape index (κ2) is 9.28. The number of benzene rings is 5. The summed E-state index contributed by atoms with van der Waals surface area (Å²) < 4.78 is 0. The molecule has 172 valence electrons. The van der Waals surface area contributed by atoms with Gasteiger partial charge in [-0.3, -0.25) is 0 Å². The topological polar surface area (TPSA) is 12.9 Å². The lowest BCUT2D eigenvalue weighted by atomic mass is 9.92. The summed E-state index contributed by atoms with van der Waals surface area (Å²) in [6.45, 7) is 4.26. The van der Waals surface area contributed by atoms with E-state index in [9.17, 15) is 0 Å². The molecule has 0 saturated heterocycles. The van der Waals surface area contributed by atoms with Crippen LogP contribution in [0.4, 0.5) is 0 Å². The number of para-hydroxylation sites is 1. The molecule has 0 aliphatic rings. The summed E-state index contributed by atoms with van der Waals surface area (Å²) in [7, 11) is 0. The van der Waals surface area contributed by atoms with Gasteiger partial charge in [0.2, 0.25) is 0 Å². The van der Waals surface area contributed by atoms with E-state index in [0.717, 1.165) is 22.2 Å². The van der Waals surface area contributed by atoms with Gasteiger partial charge in [0, 0.05) is 10.9 Å². The van der Waals surface area contributed by atoms with Crippen LogP contribution in [0.3, 0.4) is 0 Å². The molecule has 0 amide bonds. The van der Waals surface area contributed by atoms with E-state index in [2.05, 4.69) is 135 Å². The van der Waals surface area contributed by atoms with Crippen molar-refractivity contribution in [3.05, 3.63) is 139 Å². The summed E-state index contributed by atoms with van der Waals surface area (Å²) in [5.41, 5.74) is 12.9. The smallest absolute Gasteiger partial charge is 0.0709 e. The zero-order valence-electron chi connectivity index (χ0n) is 20.6. The van der Waals surface area contributed by atoms with Crippen molar-refractivity contribution in [1.82, 2.24) is 4.98 Å². The molecule has 0 saturated carbocycles. The molecule has 0 N–H and O–H groups in total. The zero-order chi connectivity index (χ0) is 24.5. The number of rotatable bonds is 4. The maximum Gasteiger partial charge on any atom is 0.0709 e. The normalized spacial score (nSPS) is 11.1. The first-order valence-corrected chi connectivity index (χ1v) is 12.4. The summed E-state index contributed by atoms with van der Waals surface area (Å²) in [6, 6.07) is 45.7. The number of nitrogens with zero attached hydrogens (tertiary/aromatic N) is 1. The number of aromatic nitrogens is 1. The lowest BCUT2D eigenvalue weighted by Gasteiger charge is -2.13.